The number of hydrogen-bond donors (Lipinski definition) is 4. The molecule has 2 amide bonds. The van der Waals surface area contributed by atoms with Crippen LogP contribution in [0, 0.1) is 0 Å². The zero-order valence-corrected chi connectivity index (χ0v) is 22.5. The molecule has 0 spiro atoms. The van der Waals surface area contributed by atoms with Crippen LogP contribution in [0.4, 0.5) is 4.79 Å². The topological polar surface area (TPSA) is 100 Å². The Morgan fingerprint density at radius 1 is 0.921 bits per heavy atom. The Morgan fingerprint density at radius 3 is 2.39 bits per heavy atom. The molecule has 38 heavy (non-hydrogen) atoms. The Labute approximate surface area is 228 Å². The van der Waals surface area contributed by atoms with Crippen molar-refractivity contribution in [2.24, 2.45) is 0 Å². The minimum atomic E-state index is -0.507. The molecule has 1 heterocycles. The van der Waals surface area contributed by atoms with E-state index in [2.05, 4.69) is 34.9 Å². The molecule has 3 atom stereocenters. The van der Waals surface area contributed by atoms with Gasteiger partial charge in [0.05, 0.1) is 25.4 Å². The number of thioether (sulfide) groups is 1. The van der Waals surface area contributed by atoms with Gasteiger partial charge in [0.1, 0.15) is 0 Å². The quantitative estimate of drug-likeness (QED) is 0.259. The normalized spacial score (nSPS) is 19.2. The summed E-state index contributed by atoms with van der Waals surface area (Å²) in [7, 11) is 0. The summed E-state index contributed by atoms with van der Waals surface area (Å²) in [6.45, 7) is 3.09. The van der Waals surface area contributed by atoms with Crippen molar-refractivity contribution in [3.8, 4) is 11.1 Å². The molecule has 202 valence electrons. The zero-order valence-electron chi connectivity index (χ0n) is 21.6. The number of nitrogens with one attached hydrogen (secondary N) is 2. The van der Waals surface area contributed by atoms with Gasteiger partial charge in [0, 0.05) is 36.6 Å². The number of aliphatic hydroxyl groups is 2. The molecule has 1 fully saturated rings. The molecule has 0 aromatic heterocycles. The van der Waals surface area contributed by atoms with Gasteiger partial charge in [-0.1, -0.05) is 66.7 Å². The lowest BCUT2D eigenvalue weighted by atomic mass is 9.99. The van der Waals surface area contributed by atoms with Crippen LogP contribution >= 0.6 is 11.8 Å². The van der Waals surface area contributed by atoms with E-state index in [1.54, 1.807) is 11.8 Å². The third-order valence-corrected chi connectivity index (χ3v) is 7.47. The van der Waals surface area contributed by atoms with Crippen LogP contribution in [-0.2, 0) is 22.6 Å². The van der Waals surface area contributed by atoms with Crippen LogP contribution in [0.2, 0.25) is 0 Å². The molecule has 8 heteroatoms. The lowest BCUT2D eigenvalue weighted by molar-refractivity contribution is -0.245. The lowest BCUT2D eigenvalue weighted by Gasteiger charge is -2.36. The highest BCUT2D eigenvalue weighted by atomic mass is 32.2. The van der Waals surface area contributed by atoms with Crippen LogP contribution in [0.1, 0.15) is 48.0 Å². The largest absolute Gasteiger partial charge is 0.396 e. The molecule has 0 radical (unpaired) electrons. The van der Waals surface area contributed by atoms with E-state index in [0.29, 0.717) is 18.8 Å². The molecule has 0 aliphatic carbocycles. The van der Waals surface area contributed by atoms with E-state index >= 15 is 0 Å². The smallest absolute Gasteiger partial charge is 0.315 e. The fourth-order valence-corrected chi connectivity index (χ4v) is 5.17. The second-order valence-corrected chi connectivity index (χ2v) is 10.3. The maximum atomic E-state index is 11.7. The van der Waals surface area contributed by atoms with Crippen LogP contribution in [0.25, 0.3) is 11.1 Å². The maximum absolute atomic E-state index is 11.7. The standard InChI is InChI=1S/C30H36N2O5S/c1-2-31-30(35)32-18-22-4-3-5-26(16-22)23-10-12-25(13-11-23)29-36-27(20-38-15-14-33)17-28(37-29)24-8-6-21(19-34)7-9-24/h3-13,16,27-29,33-34H,2,14-15,17-20H2,1H3,(H2,31,32,35)/t27-,28+,29+/m0/s1. The Kier molecular flexibility index (Phi) is 10.6. The van der Waals surface area contributed by atoms with Crippen molar-refractivity contribution in [2.45, 2.75) is 45.0 Å². The molecule has 7 nitrogen and oxygen atoms in total. The minimum Gasteiger partial charge on any atom is -0.396 e. The fourth-order valence-electron chi connectivity index (χ4n) is 4.40. The first-order valence-corrected chi connectivity index (χ1v) is 14.1. The number of urea groups is 1. The van der Waals surface area contributed by atoms with Gasteiger partial charge in [-0.3, -0.25) is 0 Å². The predicted octanol–water partition coefficient (Wildman–Crippen LogP) is 4.94. The van der Waals surface area contributed by atoms with Gasteiger partial charge in [0.25, 0.3) is 0 Å². The van der Waals surface area contributed by atoms with E-state index in [9.17, 15) is 15.0 Å². The van der Waals surface area contributed by atoms with E-state index in [1.165, 1.54) is 0 Å². The monoisotopic (exact) mass is 536 g/mol. The van der Waals surface area contributed by atoms with E-state index in [1.807, 2.05) is 55.5 Å². The summed E-state index contributed by atoms with van der Waals surface area (Å²) >= 11 is 1.68. The molecule has 4 N–H and O–H groups in total. The number of ether oxygens (including phenoxy) is 2. The Hall–Kier alpha value is -2.88. The fraction of sp³-hybridized carbons (Fsp3) is 0.367. The lowest BCUT2D eigenvalue weighted by Crippen LogP contribution is -2.34. The Balaban J connectivity index is 1.47. The average Bonchev–Trinajstić information content (AvgIpc) is 2.96. The van der Waals surface area contributed by atoms with Crippen LogP contribution in [0.5, 0.6) is 0 Å². The summed E-state index contributed by atoms with van der Waals surface area (Å²) in [6.07, 6.45) is 0.0759. The summed E-state index contributed by atoms with van der Waals surface area (Å²) in [5, 5.41) is 24.2. The van der Waals surface area contributed by atoms with E-state index < -0.39 is 6.29 Å². The highest BCUT2D eigenvalue weighted by Gasteiger charge is 2.32. The third-order valence-electron chi connectivity index (χ3n) is 6.39. The number of amides is 2. The highest BCUT2D eigenvalue weighted by molar-refractivity contribution is 7.99. The van der Waals surface area contributed by atoms with Crippen molar-refractivity contribution < 1.29 is 24.5 Å². The van der Waals surface area contributed by atoms with Crippen molar-refractivity contribution in [3.63, 3.8) is 0 Å². The van der Waals surface area contributed by atoms with Crippen molar-refractivity contribution >= 4 is 17.8 Å². The SMILES string of the molecule is CCNC(=O)NCc1cccc(-c2ccc([C@@H]3O[C@H](CSCCO)C[C@H](c4ccc(CO)cc4)O3)cc2)c1. The third kappa shape index (κ3) is 7.82. The van der Waals surface area contributed by atoms with Crippen molar-refractivity contribution in [1.29, 1.82) is 0 Å². The molecule has 4 rings (SSSR count). The number of benzene rings is 3. The zero-order chi connectivity index (χ0) is 26.7. The Bertz CT molecular complexity index is 1160. The van der Waals surface area contributed by atoms with Crippen LogP contribution in [-0.4, -0.2) is 47.0 Å². The van der Waals surface area contributed by atoms with Crippen LogP contribution in [0.3, 0.4) is 0 Å². The highest BCUT2D eigenvalue weighted by Crippen LogP contribution is 2.39. The molecular formula is C30H36N2O5S. The minimum absolute atomic E-state index is 0.0118. The summed E-state index contributed by atoms with van der Waals surface area (Å²) in [5.41, 5.74) is 6.02. The first-order valence-electron chi connectivity index (χ1n) is 13.0. The molecule has 0 saturated carbocycles. The average molecular weight is 537 g/mol. The number of carbonyl (C=O) groups excluding carboxylic acids is 1. The summed E-state index contributed by atoms with van der Waals surface area (Å²) < 4.78 is 12.8. The van der Waals surface area contributed by atoms with Gasteiger partial charge >= 0.3 is 6.03 Å². The van der Waals surface area contributed by atoms with Crippen molar-refractivity contribution in [3.05, 3.63) is 95.1 Å². The summed E-state index contributed by atoms with van der Waals surface area (Å²) in [6, 6.07) is 24.0. The van der Waals surface area contributed by atoms with Gasteiger partial charge in [0.15, 0.2) is 6.29 Å². The predicted molar refractivity (Wildman–Crippen MR) is 151 cm³/mol. The van der Waals surface area contributed by atoms with Crippen LogP contribution in [0.15, 0.2) is 72.8 Å². The van der Waals surface area contributed by atoms with Gasteiger partial charge < -0.3 is 30.3 Å². The summed E-state index contributed by atoms with van der Waals surface area (Å²) in [5.74, 6) is 1.45. The first kappa shape index (κ1) is 28.1. The van der Waals surface area contributed by atoms with Gasteiger partial charge in [0.2, 0.25) is 0 Å². The molecular weight excluding hydrogens is 500 g/mol. The van der Waals surface area contributed by atoms with Gasteiger partial charge in [-0.05, 0) is 40.8 Å². The first-order chi connectivity index (χ1) is 18.6. The van der Waals surface area contributed by atoms with E-state index in [-0.39, 0.29) is 31.5 Å². The molecule has 3 aromatic carbocycles. The number of rotatable bonds is 11. The second-order valence-electron chi connectivity index (χ2n) is 9.18. The number of hydrogen-bond acceptors (Lipinski definition) is 6. The molecule has 1 aliphatic heterocycles. The van der Waals surface area contributed by atoms with Gasteiger partial charge in [-0.25, -0.2) is 4.79 Å². The van der Waals surface area contributed by atoms with Gasteiger partial charge in [-0.2, -0.15) is 11.8 Å². The molecule has 3 aromatic rings. The van der Waals surface area contributed by atoms with Crippen LogP contribution < -0.4 is 10.6 Å². The second kappa shape index (κ2) is 14.3. The van der Waals surface area contributed by atoms with Crippen molar-refractivity contribution in [1.82, 2.24) is 10.6 Å². The van der Waals surface area contributed by atoms with Crippen molar-refractivity contribution in [2.75, 3.05) is 24.7 Å². The number of aliphatic hydroxyl groups excluding tert-OH is 2. The molecule has 1 aliphatic rings. The van der Waals surface area contributed by atoms with E-state index in [4.69, 9.17) is 9.47 Å². The molecule has 0 unspecified atom stereocenters. The Morgan fingerprint density at radius 2 is 1.68 bits per heavy atom. The van der Waals surface area contributed by atoms with E-state index in [0.717, 1.165) is 45.6 Å². The maximum Gasteiger partial charge on any atom is 0.315 e. The molecule has 0 bridgehead atoms. The number of carbonyl (C=O) groups is 1. The molecule has 1 saturated heterocycles. The van der Waals surface area contributed by atoms with Gasteiger partial charge in [-0.15, -0.1) is 0 Å². The summed E-state index contributed by atoms with van der Waals surface area (Å²) in [4.78, 5) is 11.7.